The molecule has 0 aliphatic carbocycles. The summed E-state index contributed by atoms with van der Waals surface area (Å²) in [5, 5.41) is 6.95. The van der Waals surface area contributed by atoms with E-state index in [9.17, 15) is 0 Å². The average molecular weight is 266 g/mol. The third kappa shape index (κ3) is 5.00. The molecule has 0 heterocycles. The van der Waals surface area contributed by atoms with Crippen LogP contribution in [0.3, 0.4) is 0 Å². The summed E-state index contributed by atoms with van der Waals surface area (Å²) in [6, 6.07) is 21.1. The van der Waals surface area contributed by atoms with Crippen LogP contribution in [-0.2, 0) is 13.1 Å². The molecule has 0 fully saturated rings. The van der Waals surface area contributed by atoms with Gasteiger partial charge in [-0.05, 0) is 11.1 Å². The molecule has 2 heteroatoms. The molecule has 0 saturated carbocycles. The van der Waals surface area contributed by atoms with Crippen molar-refractivity contribution in [2.75, 3.05) is 6.54 Å². The molecule has 0 amide bonds. The van der Waals surface area contributed by atoms with Crippen LogP contribution in [0.5, 0.6) is 0 Å². The Labute approximate surface area is 121 Å². The molecule has 0 aromatic heterocycles. The van der Waals surface area contributed by atoms with E-state index in [0.29, 0.717) is 0 Å². The van der Waals surface area contributed by atoms with Crippen molar-refractivity contribution in [3.63, 3.8) is 0 Å². The molecule has 0 spiro atoms. The number of hydrogen-bond acceptors (Lipinski definition) is 2. The first-order valence-corrected chi connectivity index (χ1v) is 7.03. The van der Waals surface area contributed by atoms with E-state index in [1.807, 2.05) is 18.2 Å². The second kappa shape index (κ2) is 8.31. The largest absolute Gasteiger partial charge is 0.311 e. The van der Waals surface area contributed by atoms with E-state index in [1.165, 1.54) is 11.1 Å². The van der Waals surface area contributed by atoms with Gasteiger partial charge in [0.15, 0.2) is 0 Å². The predicted molar refractivity (Wildman–Crippen MR) is 85.4 cm³/mol. The minimum absolute atomic E-state index is 0.277. The maximum absolute atomic E-state index is 3.90. The van der Waals surface area contributed by atoms with E-state index in [1.54, 1.807) is 0 Å². The quantitative estimate of drug-likeness (QED) is 0.717. The molecule has 0 aliphatic heterocycles. The van der Waals surface area contributed by atoms with Crippen LogP contribution in [0.1, 0.15) is 11.1 Å². The summed E-state index contributed by atoms with van der Waals surface area (Å²) in [6.45, 7) is 6.53. The maximum Gasteiger partial charge on any atom is 0.0376 e. The van der Waals surface area contributed by atoms with Gasteiger partial charge in [0.2, 0.25) is 0 Å². The minimum Gasteiger partial charge on any atom is -0.311 e. The first kappa shape index (κ1) is 14.5. The minimum atomic E-state index is 0.277. The average Bonchev–Trinajstić information content (AvgIpc) is 2.52. The Bertz CT molecular complexity index is 493. The zero-order chi connectivity index (χ0) is 14.0. The number of nitrogens with one attached hydrogen (secondary N) is 2. The highest BCUT2D eigenvalue weighted by molar-refractivity contribution is 5.15. The molecule has 2 nitrogen and oxygen atoms in total. The molecular formula is C18H22N2. The molecule has 0 radical (unpaired) electrons. The highest BCUT2D eigenvalue weighted by Crippen LogP contribution is 2.00. The normalized spacial score (nSPS) is 12.0. The summed E-state index contributed by atoms with van der Waals surface area (Å²) in [6.07, 6.45) is 1.96. The fraction of sp³-hybridized carbons (Fsp3) is 0.222. The van der Waals surface area contributed by atoms with Crippen molar-refractivity contribution in [1.82, 2.24) is 10.6 Å². The SMILES string of the molecule is C=C[C@@H](CNCc1ccccc1)NCc1ccccc1. The molecule has 20 heavy (non-hydrogen) atoms. The Hall–Kier alpha value is -1.90. The van der Waals surface area contributed by atoms with Gasteiger partial charge in [0.05, 0.1) is 0 Å². The summed E-state index contributed by atoms with van der Waals surface area (Å²) in [5.74, 6) is 0. The Kier molecular flexibility index (Phi) is 6.03. The van der Waals surface area contributed by atoms with Crippen molar-refractivity contribution in [1.29, 1.82) is 0 Å². The third-order valence-electron chi connectivity index (χ3n) is 3.23. The van der Waals surface area contributed by atoms with Crippen LogP contribution in [0, 0.1) is 0 Å². The monoisotopic (exact) mass is 266 g/mol. The molecule has 0 bridgehead atoms. The molecule has 2 rings (SSSR count). The first-order valence-electron chi connectivity index (χ1n) is 7.03. The van der Waals surface area contributed by atoms with Gasteiger partial charge in [0, 0.05) is 25.7 Å². The smallest absolute Gasteiger partial charge is 0.0376 e. The first-order chi connectivity index (χ1) is 9.88. The van der Waals surface area contributed by atoms with Crippen molar-refractivity contribution in [2.24, 2.45) is 0 Å². The molecule has 104 valence electrons. The van der Waals surface area contributed by atoms with Gasteiger partial charge in [-0.25, -0.2) is 0 Å². The van der Waals surface area contributed by atoms with Gasteiger partial charge in [0.25, 0.3) is 0 Å². The third-order valence-corrected chi connectivity index (χ3v) is 3.23. The molecule has 0 unspecified atom stereocenters. The Morgan fingerprint density at radius 3 is 1.95 bits per heavy atom. The van der Waals surface area contributed by atoms with Gasteiger partial charge in [-0.1, -0.05) is 66.7 Å². The van der Waals surface area contributed by atoms with Crippen molar-refractivity contribution in [3.05, 3.63) is 84.4 Å². The Morgan fingerprint density at radius 2 is 1.40 bits per heavy atom. The van der Waals surface area contributed by atoms with Crippen LogP contribution in [0.25, 0.3) is 0 Å². The van der Waals surface area contributed by atoms with Crippen molar-refractivity contribution in [2.45, 2.75) is 19.1 Å². The molecule has 2 aromatic carbocycles. The molecule has 0 aliphatic rings. The molecule has 1 atom stereocenters. The highest BCUT2D eigenvalue weighted by atomic mass is 15.0. The van der Waals surface area contributed by atoms with Crippen LogP contribution < -0.4 is 10.6 Å². The van der Waals surface area contributed by atoms with E-state index in [0.717, 1.165) is 19.6 Å². The summed E-state index contributed by atoms with van der Waals surface area (Å²) in [5.41, 5.74) is 2.60. The zero-order valence-corrected chi connectivity index (χ0v) is 11.8. The number of rotatable bonds is 8. The van der Waals surface area contributed by atoms with Crippen LogP contribution in [0.4, 0.5) is 0 Å². The summed E-state index contributed by atoms with van der Waals surface area (Å²) in [7, 11) is 0. The van der Waals surface area contributed by atoms with E-state index < -0.39 is 0 Å². The zero-order valence-electron chi connectivity index (χ0n) is 11.8. The topological polar surface area (TPSA) is 24.1 Å². The predicted octanol–water partition coefficient (Wildman–Crippen LogP) is 3.12. The summed E-state index contributed by atoms with van der Waals surface area (Å²) in [4.78, 5) is 0. The highest BCUT2D eigenvalue weighted by Gasteiger charge is 2.03. The lowest BCUT2D eigenvalue weighted by molar-refractivity contribution is 0.537. The number of hydrogen-bond donors (Lipinski definition) is 2. The summed E-state index contributed by atoms with van der Waals surface area (Å²) < 4.78 is 0. The van der Waals surface area contributed by atoms with Gasteiger partial charge >= 0.3 is 0 Å². The van der Waals surface area contributed by atoms with Gasteiger partial charge in [0.1, 0.15) is 0 Å². The van der Waals surface area contributed by atoms with E-state index >= 15 is 0 Å². The summed E-state index contributed by atoms with van der Waals surface area (Å²) >= 11 is 0. The molecule has 2 N–H and O–H groups in total. The second-order valence-electron chi connectivity index (χ2n) is 4.83. The van der Waals surface area contributed by atoms with Gasteiger partial charge < -0.3 is 10.6 Å². The fourth-order valence-corrected chi connectivity index (χ4v) is 2.05. The fourth-order valence-electron chi connectivity index (χ4n) is 2.05. The lowest BCUT2D eigenvalue weighted by Gasteiger charge is -2.15. The molecular weight excluding hydrogens is 244 g/mol. The second-order valence-corrected chi connectivity index (χ2v) is 4.83. The Morgan fingerprint density at radius 1 is 0.850 bits per heavy atom. The van der Waals surface area contributed by atoms with Crippen LogP contribution in [0.2, 0.25) is 0 Å². The lowest BCUT2D eigenvalue weighted by Crippen LogP contribution is -2.36. The van der Waals surface area contributed by atoms with Gasteiger partial charge in [-0.15, -0.1) is 6.58 Å². The van der Waals surface area contributed by atoms with Crippen LogP contribution in [0.15, 0.2) is 73.3 Å². The lowest BCUT2D eigenvalue weighted by atomic mass is 10.2. The molecule has 0 saturated heterocycles. The number of benzene rings is 2. The Balaban J connectivity index is 1.71. The maximum atomic E-state index is 3.90. The van der Waals surface area contributed by atoms with Crippen molar-refractivity contribution >= 4 is 0 Å². The van der Waals surface area contributed by atoms with E-state index in [4.69, 9.17) is 0 Å². The van der Waals surface area contributed by atoms with Gasteiger partial charge in [-0.2, -0.15) is 0 Å². The van der Waals surface area contributed by atoms with E-state index in [2.05, 4.69) is 65.7 Å². The van der Waals surface area contributed by atoms with Crippen LogP contribution >= 0.6 is 0 Å². The van der Waals surface area contributed by atoms with Gasteiger partial charge in [-0.3, -0.25) is 0 Å². The van der Waals surface area contributed by atoms with E-state index in [-0.39, 0.29) is 6.04 Å². The van der Waals surface area contributed by atoms with Crippen molar-refractivity contribution < 1.29 is 0 Å². The van der Waals surface area contributed by atoms with Crippen molar-refractivity contribution in [3.8, 4) is 0 Å². The van der Waals surface area contributed by atoms with Crippen LogP contribution in [-0.4, -0.2) is 12.6 Å². The molecule has 2 aromatic rings. The standard InChI is InChI=1S/C18H22N2/c1-2-18(20-14-17-11-7-4-8-12-17)15-19-13-16-9-5-3-6-10-16/h2-12,18-20H,1,13-15H2/t18-/m0/s1.